The first kappa shape index (κ1) is 15.2. The lowest BCUT2D eigenvalue weighted by Gasteiger charge is -2.45. The van der Waals surface area contributed by atoms with E-state index in [4.69, 9.17) is 9.47 Å². The van der Waals surface area contributed by atoms with E-state index >= 15 is 0 Å². The van der Waals surface area contributed by atoms with E-state index in [9.17, 15) is 18.4 Å². The fourth-order valence-corrected chi connectivity index (χ4v) is 2.19. The third kappa shape index (κ3) is 4.14. The maximum atomic E-state index is 13.0. The van der Waals surface area contributed by atoms with Gasteiger partial charge in [-0.25, -0.2) is 13.6 Å². The Hall–Kier alpha value is -2.18. The summed E-state index contributed by atoms with van der Waals surface area (Å²) in [5, 5.41) is 2.20. The molecule has 1 N–H and O–H groups in total. The Balaban J connectivity index is 1.89. The predicted molar refractivity (Wildman–Crippen MR) is 68.4 cm³/mol. The van der Waals surface area contributed by atoms with Gasteiger partial charge in [0.15, 0.2) is 5.72 Å². The molecule has 1 aromatic carbocycles. The van der Waals surface area contributed by atoms with Crippen LogP contribution in [-0.4, -0.2) is 23.7 Å². The lowest BCUT2D eigenvalue weighted by molar-refractivity contribution is -0.232. The number of nitrogens with one attached hydrogen (secondary N) is 1. The second-order valence-electron chi connectivity index (χ2n) is 4.98. The second kappa shape index (κ2) is 5.67. The number of rotatable bonds is 4. The molecular formula is C14H15F2NO4. The molecule has 0 aliphatic heterocycles. The number of hydrogen-bond donors (Lipinski definition) is 1. The van der Waals surface area contributed by atoms with Crippen molar-refractivity contribution in [3.05, 3.63) is 35.9 Å². The van der Waals surface area contributed by atoms with Crippen LogP contribution in [0.2, 0.25) is 0 Å². The quantitative estimate of drug-likeness (QED) is 0.685. The molecule has 0 aromatic heterocycles. The fourth-order valence-electron chi connectivity index (χ4n) is 2.19. The maximum Gasteiger partial charge on any atom is 0.410 e. The smallest absolute Gasteiger partial charge is 0.410 e. The normalized spacial score (nSPS) is 18.2. The summed E-state index contributed by atoms with van der Waals surface area (Å²) >= 11 is 0. The summed E-state index contributed by atoms with van der Waals surface area (Å²) in [5.74, 6) is -3.70. The van der Waals surface area contributed by atoms with E-state index in [0.717, 1.165) is 12.5 Å². The van der Waals surface area contributed by atoms with Crippen LogP contribution in [0, 0.1) is 0 Å². The summed E-state index contributed by atoms with van der Waals surface area (Å²) in [6.45, 7) is 1.09. The highest BCUT2D eigenvalue weighted by Crippen LogP contribution is 2.46. The van der Waals surface area contributed by atoms with Crippen LogP contribution in [0.25, 0.3) is 0 Å². The molecule has 1 saturated carbocycles. The Morgan fingerprint density at radius 1 is 1.24 bits per heavy atom. The maximum absolute atomic E-state index is 13.0. The minimum Gasteiger partial charge on any atom is -0.445 e. The van der Waals surface area contributed by atoms with Gasteiger partial charge >= 0.3 is 12.1 Å². The van der Waals surface area contributed by atoms with Crippen LogP contribution in [0.4, 0.5) is 13.6 Å². The highest BCUT2D eigenvalue weighted by atomic mass is 19.3. The molecule has 0 heterocycles. The van der Waals surface area contributed by atoms with Gasteiger partial charge in [-0.2, -0.15) is 0 Å². The number of ether oxygens (including phenoxy) is 2. The molecule has 7 heteroatoms. The van der Waals surface area contributed by atoms with Gasteiger partial charge in [-0.15, -0.1) is 0 Å². The van der Waals surface area contributed by atoms with Gasteiger partial charge in [0.1, 0.15) is 6.61 Å². The van der Waals surface area contributed by atoms with E-state index in [2.05, 4.69) is 5.32 Å². The van der Waals surface area contributed by atoms with Crippen LogP contribution in [-0.2, 0) is 20.9 Å². The molecule has 1 aliphatic carbocycles. The number of alkyl carbamates (subject to hydrolysis) is 1. The van der Waals surface area contributed by atoms with Gasteiger partial charge < -0.3 is 9.47 Å². The fraction of sp³-hybridized carbons (Fsp3) is 0.429. The van der Waals surface area contributed by atoms with Crippen molar-refractivity contribution in [2.45, 2.75) is 38.0 Å². The third-order valence-corrected chi connectivity index (χ3v) is 2.97. The monoisotopic (exact) mass is 299 g/mol. The van der Waals surface area contributed by atoms with Gasteiger partial charge in [-0.1, -0.05) is 30.3 Å². The van der Waals surface area contributed by atoms with Crippen LogP contribution >= 0.6 is 0 Å². The number of carbonyl (C=O) groups excluding carboxylic acids is 2. The number of hydrogen-bond acceptors (Lipinski definition) is 4. The third-order valence-electron chi connectivity index (χ3n) is 2.97. The molecule has 1 fully saturated rings. The Kier molecular flexibility index (Phi) is 4.11. The first-order valence-electron chi connectivity index (χ1n) is 6.37. The van der Waals surface area contributed by atoms with Gasteiger partial charge in [0.25, 0.3) is 5.92 Å². The van der Waals surface area contributed by atoms with Gasteiger partial charge in [0, 0.05) is 6.92 Å². The van der Waals surface area contributed by atoms with Crippen molar-refractivity contribution in [3.8, 4) is 0 Å². The number of esters is 1. The average Bonchev–Trinajstić information content (AvgIpc) is 2.34. The first-order chi connectivity index (χ1) is 9.80. The summed E-state index contributed by atoms with van der Waals surface area (Å²) in [5.41, 5.74) is -0.920. The lowest BCUT2D eigenvalue weighted by atomic mass is 9.83. The number of benzene rings is 1. The van der Waals surface area contributed by atoms with Crippen LogP contribution in [0.1, 0.15) is 25.3 Å². The highest BCUT2D eigenvalue weighted by Gasteiger charge is 2.60. The number of alkyl halides is 2. The Morgan fingerprint density at radius 2 is 1.86 bits per heavy atom. The van der Waals surface area contributed by atoms with Crippen LogP contribution in [0.3, 0.4) is 0 Å². The van der Waals surface area contributed by atoms with E-state index in [0.29, 0.717) is 0 Å². The van der Waals surface area contributed by atoms with Crippen LogP contribution in [0.15, 0.2) is 30.3 Å². The molecule has 114 valence electrons. The standard InChI is InChI=1S/C14H15F2NO4/c1-10(18)21-14(8-13(15,16)9-14)17-12(19)20-7-11-5-3-2-4-6-11/h2-6H,7-9H2,1H3,(H,17,19). The zero-order valence-corrected chi connectivity index (χ0v) is 11.4. The van der Waals surface area contributed by atoms with E-state index in [1.807, 2.05) is 6.07 Å². The minimum atomic E-state index is -2.96. The van der Waals surface area contributed by atoms with Crippen molar-refractivity contribution in [2.24, 2.45) is 0 Å². The molecule has 0 spiro atoms. The van der Waals surface area contributed by atoms with Crippen molar-refractivity contribution < 1.29 is 27.8 Å². The predicted octanol–water partition coefficient (Wildman–Crippen LogP) is 2.60. The average molecular weight is 299 g/mol. The number of amides is 1. The summed E-state index contributed by atoms with van der Waals surface area (Å²) in [6.07, 6.45) is -2.41. The van der Waals surface area contributed by atoms with Gasteiger partial charge in [-0.3, -0.25) is 10.1 Å². The molecule has 0 atom stereocenters. The van der Waals surface area contributed by atoms with E-state index < -0.39 is 36.6 Å². The van der Waals surface area contributed by atoms with Crippen molar-refractivity contribution in [1.82, 2.24) is 5.32 Å². The molecule has 0 bridgehead atoms. The molecular weight excluding hydrogens is 284 g/mol. The molecule has 21 heavy (non-hydrogen) atoms. The summed E-state index contributed by atoms with van der Waals surface area (Å²) in [7, 11) is 0. The molecule has 2 rings (SSSR count). The Labute approximate surface area is 120 Å². The second-order valence-corrected chi connectivity index (χ2v) is 4.98. The SMILES string of the molecule is CC(=O)OC1(NC(=O)OCc2ccccc2)CC(F)(F)C1. The van der Waals surface area contributed by atoms with E-state index in [-0.39, 0.29) is 6.61 Å². The molecule has 1 aliphatic rings. The molecule has 0 unspecified atom stereocenters. The summed E-state index contributed by atoms with van der Waals surface area (Å²) in [6, 6.07) is 8.89. The summed E-state index contributed by atoms with van der Waals surface area (Å²) in [4.78, 5) is 22.6. The van der Waals surface area contributed by atoms with Crippen molar-refractivity contribution in [1.29, 1.82) is 0 Å². The van der Waals surface area contributed by atoms with Crippen molar-refractivity contribution in [2.75, 3.05) is 0 Å². The van der Waals surface area contributed by atoms with Gasteiger partial charge in [0.05, 0.1) is 12.8 Å². The zero-order valence-electron chi connectivity index (χ0n) is 11.4. The Bertz CT molecular complexity index is 525. The first-order valence-corrected chi connectivity index (χ1v) is 6.37. The summed E-state index contributed by atoms with van der Waals surface area (Å²) < 4.78 is 35.7. The molecule has 5 nitrogen and oxygen atoms in total. The zero-order chi connectivity index (χ0) is 15.5. The Morgan fingerprint density at radius 3 is 2.38 bits per heavy atom. The van der Waals surface area contributed by atoms with Crippen LogP contribution < -0.4 is 5.32 Å². The van der Waals surface area contributed by atoms with Crippen molar-refractivity contribution in [3.63, 3.8) is 0 Å². The largest absolute Gasteiger partial charge is 0.445 e. The van der Waals surface area contributed by atoms with Gasteiger partial charge in [0.2, 0.25) is 0 Å². The number of halogens is 2. The lowest BCUT2D eigenvalue weighted by Crippen LogP contribution is -2.64. The minimum absolute atomic E-state index is 0.000776. The van der Waals surface area contributed by atoms with Crippen molar-refractivity contribution >= 4 is 12.1 Å². The number of carbonyl (C=O) groups is 2. The molecule has 1 amide bonds. The van der Waals surface area contributed by atoms with E-state index in [1.54, 1.807) is 24.3 Å². The van der Waals surface area contributed by atoms with E-state index in [1.165, 1.54) is 0 Å². The molecule has 1 aromatic rings. The molecule has 0 saturated heterocycles. The highest BCUT2D eigenvalue weighted by molar-refractivity contribution is 5.71. The van der Waals surface area contributed by atoms with Gasteiger partial charge in [-0.05, 0) is 5.56 Å². The molecule has 0 radical (unpaired) electrons. The topological polar surface area (TPSA) is 64.6 Å². The van der Waals surface area contributed by atoms with Crippen LogP contribution in [0.5, 0.6) is 0 Å².